The predicted octanol–water partition coefficient (Wildman–Crippen LogP) is -0.00530. The summed E-state index contributed by atoms with van der Waals surface area (Å²) in [5.41, 5.74) is 0. The summed E-state index contributed by atoms with van der Waals surface area (Å²) in [6.07, 6.45) is -0.348. The van der Waals surface area contributed by atoms with Crippen LogP contribution in [0.25, 0.3) is 0 Å². The number of nitrogens with one attached hydrogen (secondary N) is 2. The van der Waals surface area contributed by atoms with E-state index in [0.717, 1.165) is 0 Å². The molecule has 4 amide bonds. The van der Waals surface area contributed by atoms with Gasteiger partial charge in [-0.25, -0.2) is 9.59 Å². The molecule has 1 aliphatic rings. The Morgan fingerprint density at radius 1 is 1.10 bits per heavy atom. The molecule has 0 aromatic rings. The number of hydrogen-bond acceptors (Lipinski definition) is 4. The summed E-state index contributed by atoms with van der Waals surface area (Å²) < 4.78 is 4.91. The monoisotopic (exact) mass is 300 g/mol. The molecule has 8 nitrogen and oxygen atoms in total. The number of ether oxygens (including phenoxy) is 1. The van der Waals surface area contributed by atoms with Gasteiger partial charge >= 0.3 is 12.1 Å². The van der Waals surface area contributed by atoms with Gasteiger partial charge in [0.15, 0.2) is 0 Å². The fourth-order valence-electron chi connectivity index (χ4n) is 1.93. The van der Waals surface area contributed by atoms with Crippen molar-refractivity contribution >= 4 is 18.0 Å². The lowest BCUT2D eigenvalue weighted by atomic mass is 10.3. The lowest BCUT2D eigenvalue weighted by Gasteiger charge is -2.34. The number of amides is 4. The van der Waals surface area contributed by atoms with Crippen molar-refractivity contribution in [2.24, 2.45) is 0 Å². The average Bonchev–Trinajstić information content (AvgIpc) is 2.44. The third-order valence-corrected chi connectivity index (χ3v) is 2.98. The van der Waals surface area contributed by atoms with Crippen LogP contribution in [0.5, 0.6) is 0 Å². The van der Waals surface area contributed by atoms with Gasteiger partial charge in [0.2, 0.25) is 5.91 Å². The SMILES string of the molecule is CCOC(=O)N1CCN(C(=O)CNC(=O)NC(C)C)CC1. The molecule has 0 radical (unpaired) electrons. The van der Waals surface area contributed by atoms with Crippen LogP contribution in [0.1, 0.15) is 20.8 Å². The zero-order valence-electron chi connectivity index (χ0n) is 12.8. The van der Waals surface area contributed by atoms with Crippen LogP contribution in [0.2, 0.25) is 0 Å². The fourth-order valence-corrected chi connectivity index (χ4v) is 1.93. The number of urea groups is 1. The van der Waals surface area contributed by atoms with E-state index in [1.54, 1.807) is 16.7 Å². The van der Waals surface area contributed by atoms with Gasteiger partial charge in [0.1, 0.15) is 0 Å². The van der Waals surface area contributed by atoms with Crippen molar-refractivity contribution in [2.45, 2.75) is 26.8 Å². The molecular formula is C13H24N4O4. The molecule has 1 fully saturated rings. The highest BCUT2D eigenvalue weighted by atomic mass is 16.6. The summed E-state index contributed by atoms with van der Waals surface area (Å²) in [6, 6.07) is -0.336. The van der Waals surface area contributed by atoms with Crippen LogP contribution in [-0.2, 0) is 9.53 Å². The van der Waals surface area contributed by atoms with Crippen LogP contribution in [0.15, 0.2) is 0 Å². The fraction of sp³-hybridized carbons (Fsp3) is 0.769. The number of rotatable bonds is 4. The molecule has 21 heavy (non-hydrogen) atoms. The van der Waals surface area contributed by atoms with Gasteiger partial charge in [-0.1, -0.05) is 0 Å². The van der Waals surface area contributed by atoms with Gasteiger partial charge in [-0.2, -0.15) is 0 Å². The highest BCUT2D eigenvalue weighted by Gasteiger charge is 2.24. The third-order valence-electron chi connectivity index (χ3n) is 2.98. The molecule has 1 saturated heterocycles. The van der Waals surface area contributed by atoms with Crippen molar-refractivity contribution in [3.8, 4) is 0 Å². The molecule has 0 atom stereocenters. The van der Waals surface area contributed by atoms with E-state index in [0.29, 0.717) is 32.8 Å². The Kier molecular flexibility index (Phi) is 6.77. The molecule has 1 heterocycles. The van der Waals surface area contributed by atoms with E-state index in [9.17, 15) is 14.4 Å². The number of hydrogen-bond donors (Lipinski definition) is 2. The van der Waals surface area contributed by atoms with Crippen molar-refractivity contribution in [2.75, 3.05) is 39.3 Å². The maximum atomic E-state index is 11.9. The van der Waals surface area contributed by atoms with Crippen LogP contribution >= 0.6 is 0 Å². The second-order valence-corrected chi connectivity index (χ2v) is 5.05. The first-order valence-corrected chi connectivity index (χ1v) is 7.17. The zero-order valence-corrected chi connectivity index (χ0v) is 12.8. The Morgan fingerprint density at radius 3 is 2.19 bits per heavy atom. The van der Waals surface area contributed by atoms with E-state index < -0.39 is 0 Å². The minimum Gasteiger partial charge on any atom is -0.450 e. The average molecular weight is 300 g/mol. The van der Waals surface area contributed by atoms with Gasteiger partial charge in [-0.05, 0) is 20.8 Å². The first-order chi connectivity index (χ1) is 9.93. The summed E-state index contributed by atoms with van der Waals surface area (Å²) in [5.74, 6) is -0.155. The van der Waals surface area contributed by atoms with E-state index in [1.807, 2.05) is 13.8 Å². The van der Waals surface area contributed by atoms with Gasteiger partial charge in [0, 0.05) is 32.2 Å². The highest BCUT2D eigenvalue weighted by molar-refractivity contribution is 5.84. The largest absolute Gasteiger partial charge is 0.450 e. The van der Waals surface area contributed by atoms with Crippen molar-refractivity contribution in [1.29, 1.82) is 0 Å². The van der Waals surface area contributed by atoms with Gasteiger partial charge in [0.25, 0.3) is 0 Å². The Bertz CT molecular complexity index is 378. The van der Waals surface area contributed by atoms with Crippen molar-refractivity contribution in [3.05, 3.63) is 0 Å². The first-order valence-electron chi connectivity index (χ1n) is 7.17. The van der Waals surface area contributed by atoms with E-state index in [1.165, 1.54) is 0 Å². The molecule has 0 aromatic heterocycles. The summed E-state index contributed by atoms with van der Waals surface area (Å²) >= 11 is 0. The zero-order chi connectivity index (χ0) is 15.8. The molecule has 0 aromatic carbocycles. The van der Waals surface area contributed by atoms with Crippen molar-refractivity contribution in [3.63, 3.8) is 0 Å². The smallest absolute Gasteiger partial charge is 0.409 e. The standard InChI is InChI=1S/C13H24N4O4/c1-4-21-13(20)17-7-5-16(6-8-17)11(18)9-14-12(19)15-10(2)3/h10H,4-9H2,1-3H3,(H2,14,15,19). The summed E-state index contributed by atoms with van der Waals surface area (Å²) in [7, 11) is 0. The first kappa shape index (κ1) is 17.1. The molecule has 0 spiro atoms. The van der Waals surface area contributed by atoms with E-state index in [4.69, 9.17) is 4.74 Å². The Labute approximate surface area is 124 Å². The molecule has 0 aliphatic carbocycles. The van der Waals surface area contributed by atoms with E-state index in [-0.39, 0.29) is 30.6 Å². The minimum atomic E-state index is -0.358. The van der Waals surface area contributed by atoms with Gasteiger partial charge in [0.05, 0.1) is 13.2 Å². The van der Waals surface area contributed by atoms with Crippen LogP contribution in [0, 0.1) is 0 Å². The normalized spacial score (nSPS) is 14.9. The van der Waals surface area contributed by atoms with Crippen LogP contribution in [0.3, 0.4) is 0 Å². The van der Waals surface area contributed by atoms with Crippen LogP contribution in [-0.4, -0.2) is 73.2 Å². The molecule has 1 rings (SSSR count). The maximum Gasteiger partial charge on any atom is 0.409 e. The number of carbonyl (C=O) groups is 3. The predicted molar refractivity (Wildman–Crippen MR) is 76.8 cm³/mol. The van der Waals surface area contributed by atoms with Crippen molar-refractivity contribution in [1.82, 2.24) is 20.4 Å². The van der Waals surface area contributed by atoms with Gasteiger partial charge in [-0.15, -0.1) is 0 Å². The van der Waals surface area contributed by atoms with E-state index in [2.05, 4.69) is 10.6 Å². The number of carbonyl (C=O) groups excluding carboxylic acids is 3. The molecule has 120 valence electrons. The molecule has 0 bridgehead atoms. The molecular weight excluding hydrogens is 276 g/mol. The van der Waals surface area contributed by atoms with Crippen molar-refractivity contribution < 1.29 is 19.1 Å². The van der Waals surface area contributed by atoms with Crippen LogP contribution < -0.4 is 10.6 Å². The quantitative estimate of drug-likeness (QED) is 0.764. The summed E-state index contributed by atoms with van der Waals surface area (Å²) in [4.78, 5) is 38.1. The Hall–Kier alpha value is -1.99. The number of nitrogens with zero attached hydrogens (tertiary/aromatic N) is 2. The van der Waals surface area contributed by atoms with E-state index >= 15 is 0 Å². The molecule has 8 heteroatoms. The summed E-state index contributed by atoms with van der Waals surface area (Å²) in [5, 5.41) is 5.17. The second kappa shape index (κ2) is 8.33. The lowest BCUT2D eigenvalue weighted by molar-refractivity contribution is -0.131. The molecule has 1 aliphatic heterocycles. The molecule has 0 unspecified atom stereocenters. The van der Waals surface area contributed by atoms with Crippen LogP contribution in [0.4, 0.5) is 9.59 Å². The Balaban J connectivity index is 2.29. The highest BCUT2D eigenvalue weighted by Crippen LogP contribution is 2.04. The minimum absolute atomic E-state index is 0.0215. The Morgan fingerprint density at radius 2 is 1.67 bits per heavy atom. The second-order valence-electron chi connectivity index (χ2n) is 5.05. The van der Waals surface area contributed by atoms with Gasteiger partial charge < -0.3 is 25.2 Å². The number of piperazine rings is 1. The molecule has 2 N–H and O–H groups in total. The molecule has 0 saturated carbocycles. The topological polar surface area (TPSA) is 91.0 Å². The maximum absolute atomic E-state index is 11.9. The summed E-state index contributed by atoms with van der Waals surface area (Å²) in [6.45, 7) is 7.53. The lowest BCUT2D eigenvalue weighted by Crippen LogP contribution is -2.53. The van der Waals surface area contributed by atoms with Gasteiger partial charge in [-0.3, -0.25) is 4.79 Å². The third kappa shape index (κ3) is 5.88.